The first kappa shape index (κ1) is 21.2. The number of fused-ring (bicyclic) bond motifs is 1. The van der Waals surface area contributed by atoms with Crippen LogP contribution in [-0.4, -0.2) is 26.0 Å². The molecule has 1 aromatic heterocycles. The van der Waals surface area contributed by atoms with E-state index in [-0.39, 0.29) is 12.3 Å². The molecule has 0 saturated heterocycles. The predicted octanol–water partition coefficient (Wildman–Crippen LogP) is 3.95. The van der Waals surface area contributed by atoms with Crippen molar-refractivity contribution in [2.24, 2.45) is 11.7 Å². The molecule has 1 aliphatic carbocycles. The fraction of sp³-hybridized carbons (Fsp3) is 0.455. The second kappa shape index (κ2) is 9.31. The highest BCUT2D eigenvalue weighted by Crippen LogP contribution is 2.40. The standard InChI is InChI=1S/C22H28N2O4S/c1-4-5-13-6-8-15-18(11-13)29-22(20(15)21(23)26)24-19(25)12-14-7-9-16(27-2)17(10-14)28-3/h7,9-10,13H,4-6,8,11-12H2,1-3H3,(H2,23,26)(H,24,25). The van der Waals surface area contributed by atoms with E-state index in [4.69, 9.17) is 15.2 Å². The number of anilines is 1. The summed E-state index contributed by atoms with van der Waals surface area (Å²) in [5, 5.41) is 3.49. The third-order valence-electron chi connectivity index (χ3n) is 5.38. The summed E-state index contributed by atoms with van der Waals surface area (Å²) in [5.41, 5.74) is 7.97. The van der Waals surface area contributed by atoms with E-state index in [9.17, 15) is 9.59 Å². The number of nitrogens with two attached hydrogens (primary N) is 1. The van der Waals surface area contributed by atoms with Crippen molar-refractivity contribution in [2.75, 3.05) is 19.5 Å². The molecule has 3 N–H and O–H groups in total. The molecular weight excluding hydrogens is 388 g/mol. The predicted molar refractivity (Wildman–Crippen MR) is 115 cm³/mol. The largest absolute Gasteiger partial charge is 0.493 e. The van der Waals surface area contributed by atoms with Crippen LogP contribution in [0.2, 0.25) is 0 Å². The molecule has 2 aromatic rings. The van der Waals surface area contributed by atoms with Gasteiger partial charge in [-0.05, 0) is 48.4 Å². The lowest BCUT2D eigenvalue weighted by molar-refractivity contribution is -0.115. The van der Waals surface area contributed by atoms with E-state index in [0.717, 1.165) is 36.8 Å². The molecule has 29 heavy (non-hydrogen) atoms. The van der Waals surface area contributed by atoms with Crippen molar-refractivity contribution in [2.45, 2.75) is 45.4 Å². The summed E-state index contributed by atoms with van der Waals surface area (Å²) in [5.74, 6) is 1.16. The van der Waals surface area contributed by atoms with Crippen LogP contribution in [0.15, 0.2) is 18.2 Å². The van der Waals surface area contributed by atoms with Gasteiger partial charge in [-0.25, -0.2) is 0 Å². The average molecular weight is 417 g/mol. The van der Waals surface area contributed by atoms with E-state index in [1.54, 1.807) is 26.4 Å². The number of rotatable bonds is 8. The number of primary amides is 1. The van der Waals surface area contributed by atoms with Gasteiger partial charge in [0.2, 0.25) is 5.91 Å². The molecule has 156 valence electrons. The maximum absolute atomic E-state index is 12.7. The molecule has 3 rings (SSSR count). The molecule has 0 bridgehead atoms. The second-order valence-electron chi connectivity index (χ2n) is 7.38. The third kappa shape index (κ3) is 4.72. The van der Waals surface area contributed by atoms with Crippen LogP contribution >= 0.6 is 11.3 Å². The Kier molecular flexibility index (Phi) is 6.79. The summed E-state index contributed by atoms with van der Waals surface area (Å²) in [6, 6.07) is 5.38. The summed E-state index contributed by atoms with van der Waals surface area (Å²) < 4.78 is 10.5. The molecule has 0 saturated carbocycles. The topological polar surface area (TPSA) is 90.7 Å². The molecule has 1 atom stereocenters. The van der Waals surface area contributed by atoms with Crippen LogP contribution in [0.5, 0.6) is 11.5 Å². The van der Waals surface area contributed by atoms with Crippen molar-refractivity contribution in [3.8, 4) is 11.5 Å². The Morgan fingerprint density at radius 2 is 2.00 bits per heavy atom. The average Bonchev–Trinajstić information content (AvgIpc) is 3.05. The number of thiophene rings is 1. The highest BCUT2D eigenvalue weighted by atomic mass is 32.1. The van der Waals surface area contributed by atoms with Gasteiger partial charge in [0.05, 0.1) is 26.2 Å². The van der Waals surface area contributed by atoms with Gasteiger partial charge in [-0.1, -0.05) is 25.8 Å². The molecule has 0 radical (unpaired) electrons. The number of methoxy groups -OCH3 is 2. The summed E-state index contributed by atoms with van der Waals surface area (Å²) >= 11 is 1.50. The van der Waals surface area contributed by atoms with Crippen LogP contribution < -0.4 is 20.5 Å². The Hall–Kier alpha value is -2.54. The lowest BCUT2D eigenvalue weighted by atomic mass is 9.84. The van der Waals surface area contributed by atoms with Crippen LogP contribution in [0.25, 0.3) is 0 Å². The Morgan fingerprint density at radius 3 is 2.66 bits per heavy atom. The highest BCUT2D eigenvalue weighted by Gasteiger charge is 2.28. The molecule has 0 fully saturated rings. The maximum atomic E-state index is 12.7. The van der Waals surface area contributed by atoms with E-state index in [1.807, 2.05) is 6.07 Å². The number of carbonyl (C=O) groups excluding carboxylic acids is 2. The Labute approximate surface area is 175 Å². The van der Waals surface area contributed by atoms with Gasteiger partial charge in [0.15, 0.2) is 11.5 Å². The SMILES string of the molecule is CCCC1CCc2c(sc(NC(=O)Cc3ccc(OC)c(OC)c3)c2C(N)=O)C1. The van der Waals surface area contributed by atoms with E-state index >= 15 is 0 Å². The molecule has 1 aromatic carbocycles. The number of ether oxygens (including phenoxy) is 2. The van der Waals surface area contributed by atoms with Gasteiger partial charge >= 0.3 is 0 Å². The molecule has 7 heteroatoms. The van der Waals surface area contributed by atoms with Crippen molar-refractivity contribution in [3.05, 3.63) is 39.8 Å². The van der Waals surface area contributed by atoms with Gasteiger partial charge in [0.1, 0.15) is 5.00 Å². The quantitative estimate of drug-likeness (QED) is 0.682. The third-order valence-corrected chi connectivity index (χ3v) is 6.55. The minimum absolute atomic E-state index is 0.166. The maximum Gasteiger partial charge on any atom is 0.251 e. The van der Waals surface area contributed by atoms with Crippen molar-refractivity contribution in [1.29, 1.82) is 0 Å². The fourth-order valence-electron chi connectivity index (χ4n) is 4.00. The number of benzene rings is 1. The lowest BCUT2D eigenvalue weighted by Crippen LogP contribution is -2.20. The molecule has 0 aliphatic heterocycles. The van der Waals surface area contributed by atoms with Crippen LogP contribution in [0.1, 0.15) is 52.5 Å². The molecule has 2 amide bonds. The molecule has 1 heterocycles. The minimum Gasteiger partial charge on any atom is -0.493 e. The van der Waals surface area contributed by atoms with Gasteiger partial charge in [-0.3, -0.25) is 9.59 Å². The molecule has 1 unspecified atom stereocenters. The van der Waals surface area contributed by atoms with Gasteiger partial charge in [-0.15, -0.1) is 11.3 Å². The van der Waals surface area contributed by atoms with Gasteiger partial charge in [0, 0.05) is 4.88 Å². The number of nitrogens with one attached hydrogen (secondary N) is 1. The van der Waals surface area contributed by atoms with Crippen molar-refractivity contribution in [3.63, 3.8) is 0 Å². The normalized spacial score (nSPS) is 15.5. The number of hydrogen-bond acceptors (Lipinski definition) is 5. The molecule has 6 nitrogen and oxygen atoms in total. The number of hydrogen-bond donors (Lipinski definition) is 2. The minimum atomic E-state index is -0.474. The second-order valence-corrected chi connectivity index (χ2v) is 8.49. The van der Waals surface area contributed by atoms with Gasteiger partial charge in [0.25, 0.3) is 5.91 Å². The van der Waals surface area contributed by atoms with E-state index < -0.39 is 5.91 Å². The summed E-state index contributed by atoms with van der Waals surface area (Å²) in [6.45, 7) is 2.19. The zero-order valence-corrected chi connectivity index (χ0v) is 18.0. The van der Waals surface area contributed by atoms with Crippen molar-refractivity contribution >= 4 is 28.2 Å². The Morgan fingerprint density at radius 1 is 1.24 bits per heavy atom. The first-order valence-electron chi connectivity index (χ1n) is 9.91. The summed E-state index contributed by atoms with van der Waals surface area (Å²) in [7, 11) is 3.13. The smallest absolute Gasteiger partial charge is 0.251 e. The highest BCUT2D eigenvalue weighted by molar-refractivity contribution is 7.17. The van der Waals surface area contributed by atoms with Crippen molar-refractivity contribution in [1.82, 2.24) is 0 Å². The number of carbonyl (C=O) groups is 2. The molecular formula is C22H28N2O4S. The van der Waals surface area contributed by atoms with Crippen LogP contribution in [0.4, 0.5) is 5.00 Å². The lowest BCUT2D eigenvalue weighted by Gasteiger charge is -2.21. The first-order valence-corrected chi connectivity index (χ1v) is 10.7. The van der Waals surface area contributed by atoms with Crippen LogP contribution in [-0.2, 0) is 24.1 Å². The van der Waals surface area contributed by atoms with E-state index in [0.29, 0.717) is 28.0 Å². The van der Waals surface area contributed by atoms with Gasteiger partial charge in [-0.2, -0.15) is 0 Å². The molecule has 0 spiro atoms. The molecule has 1 aliphatic rings. The number of amides is 2. The first-order chi connectivity index (χ1) is 14.0. The zero-order valence-electron chi connectivity index (χ0n) is 17.2. The van der Waals surface area contributed by atoms with Crippen LogP contribution in [0.3, 0.4) is 0 Å². The van der Waals surface area contributed by atoms with Crippen LogP contribution in [0, 0.1) is 5.92 Å². The van der Waals surface area contributed by atoms with E-state index in [2.05, 4.69) is 12.2 Å². The van der Waals surface area contributed by atoms with Gasteiger partial charge < -0.3 is 20.5 Å². The van der Waals surface area contributed by atoms with Crippen molar-refractivity contribution < 1.29 is 19.1 Å². The zero-order chi connectivity index (χ0) is 21.0. The van der Waals surface area contributed by atoms with E-state index in [1.165, 1.54) is 22.6 Å². The monoisotopic (exact) mass is 416 g/mol. The summed E-state index contributed by atoms with van der Waals surface area (Å²) in [4.78, 5) is 26.0. The Bertz CT molecular complexity index is 906. The Balaban J connectivity index is 1.77. The summed E-state index contributed by atoms with van der Waals surface area (Å²) in [6.07, 6.45) is 5.38. The fourth-order valence-corrected chi connectivity index (χ4v) is 5.39.